The van der Waals surface area contributed by atoms with Crippen LogP contribution in [-0.2, 0) is 0 Å². The van der Waals surface area contributed by atoms with Gasteiger partial charge in [-0.2, -0.15) is 0 Å². The zero-order valence-electron chi connectivity index (χ0n) is 19.3. The number of rotatable bonds is 6. The third-order valence-electron chi connectivity index (χ3n) is 6.52. The highest BCUT2D eigenvalue weighted by molar-refractivity contribution is 6.13. The maximum Gasteiger partial charge on any atom is 0.251 e. The van der Waals surface area contributed by atoms with Crippen molar-refractivity contribution in [3.05, 3.63) is 71.4 Å². The number of aromatic nitrogens is 2. The number of anilines is 2. The summed E-state index contributed by atoms with van der Waals surface area (Å²) in [7, 11) is 0. The molecule has 0 unspecified atom stereocenters. The maximum atomic E-state index is 14.8. The predicted molar refractivity (Wildman–Crippen MR) is 134 cm³/mol. The average Bonchev–Trinajstić information content (AvgIpc) is 3.69. The summed E-state index contributed by atoms with van der Waals surface area (Å²) < 4.78 is 14.8. The molecule has 3 aromatic rings. The number of amides is 1. The molecule has 1 saturated carbocycles. The van der Waals surface area contributed by atoms with Crippen LogP contribution in [0.4, 0.5) is 15.9 Å². The maximum absolute atomic E-state index is 14.8. The Morgan fingerprint density at radius 2 is 1.86 bits per heavy atom. The van der Waals surface area contributed by atoms with Crippen LogP contribution in [0, 0.1) is 11.2 Å². The number of piperidine rings is 1. The Bertz CT molecular complexity index is 1280. The molecule has 2 aromatic carbocycles. The normalized spacial score (nSPS) is 16.2. The lowest BCUT2D eigenvalue weighted by Crippen LogP contribution is -2.40. The van der Waals surface area contributed by atoms with E-state index >= 15 is 0 Å². The van der Waals surface area contributed by atoms with Crippen LogP contribution < -0.4 is 21.7 Å². The summed E-state index contributed by atoms with van der Waals surface area (Å²) in [5, 5.41) is 11.7. The summed E-state index contributed by atoms with van der Waals surface area (Å²) in [4.78, 5) is 23.5. The molecule has 2 fully saturated rings. The van der Waals surface area contributed by atoms with Crippen molar-refractivity contribution in [2.45, 2.75) is 37.8 Å². The molecule has 0 radical (unpaired) electrons. The highest BCUT2D eigenvalue weighted by Gasteiger charge is 2.24. The number of nitrogens with zero attached hydrogens (tertiary/aromatic N) is 3. The molecular formula is C26H28FN7O. The van der Waals surface area contributed by atoms with Gasteiger partial charge in [0.2, 0.25) is 0 Å². The molecule has 1 amide bonds. The highest BCUT2D eigenvalue weighted by atomic mass is 19.1. The van der Waals surface area contributed by atoms with Gasteiger partial charge in [-0.15, -0.1) is 0 Å². The summed E-state index contributed by atoms with van der Waals surface area (Å²) in [6, 6.07) is 9.69. The number of carbonyl (C=O) groups is 1. The van der Waals surface area contributed by atoms with Crippen molar-refractivity contribution in [1.82, 2.24) is 15.3 Å². The van der Waals surface area contributed by atoms with Crippen LogP contribution in [0.25, 0.3) is 11.1 Å². The molecule has 0 atom stereocenters. The Kier molecular flexibility index (Phi) is 6.17. The van der Waals surface area contributed by atoms with Gasteiger partial charge in [-0.1, -0.05) is 6.07 Å². The van der Waals surface area contributed by atoms with Crippen LogP contribution in [0.5, 0.6) is 0 Å². The van der Waals surface area contributed by atoms with E-state index in [1.54, 1.807) is 24.4 Å². The van der Waals surface area contributed by atoms with Gasteiger partial charge in [0.1, 0.15) is 17.3 Å². The standard InChI is InChI=1S/C26H28FN7O/c27-21-5-1-16(26(35)32-18-3-4-18)12-19(21)15-2-6-22(29)20(11-15)25(30)23-13-31-14-24(33-23)34-9-7-17(28)8-10-34/h1-2,5-6,11-14,17-18,30H,3-4,7-10,28-29H2,(H,32,35). The monoisotopic (exact) mass is 473 g/mol. The highest BCUT2D eigenvalue weighted by Crippen LogP contribution is 2.29. The van der Waals surface area contributed by atoms with Gasteiger partial charge in [0, 0.05) is 47.6 Å². The molecule has 0 bridgehead atoms. The van der Waals surface area contributed by atoms with E-state index in [2.05, 4.69) is 20.2 Å². The molecule has 2 aliphatic rings. The number of benzene rings is 2. The van der Waals surface area contributed by atoms with Crippen molar-refractivity contribution < 1.29 is 9.18 Å². The van der Waals surface area contributed by atoms with Crippen molar-refractivity contribution >= 4 is 23.1 Å². The minimum Gasteiger partial charge on any atom is -0.398 e. The molecule has 9 heteroatoms. The largest absolute Gasteiger partial charge is 0.398 e. The number of nitrogens with one attached hydrogen (secondary N) is 2. The van der Waals surface area contributed by atoms with E-state index in [1.807, 2.05) is 0 Å². The number of hydrogen-bond donors (Lipinski definition) is 4. The minimum absolute atomic E-state index is 0.0930. The van der Waals surface area contributed by atoms with Gasteiger partial charge in [-0.25, -0.2) is 9.37 Å². The molecule has 1 aliphatic carbocycles. The van der Waals surface area contributed by atoms with Crippen LogP contribution in [0.2, 0.25) is 0 Å². The first-order valence-electron chi connectivity index (χ1n) is 11.8. The average molecular weight is 474 g/mol. The number of carbonyl (C=O) groups excluding carboxylic acids is 1. The third-order valence-corrected chi connectivity index (χ3v) is 6.52. The summed E-state index contributed by atoms with van der Waals surface area (Å²) in [6.07, 6.45) is 6.90. The van der Waals surface area contributed by atoms with Crippen LogP contribution in [-0.4, -0.2) is 46.8 Å². The van der Waals surface area contributed by atoms with E-state index in [0.29, 0.717) is 33.9 Å². The molecule has 1 saturated heterocycles. The zero-order valence-corrected chi connectivity index (χ0v) is 19.3. The molecule has 1 aliphatic heterocycles. The summed E-state index contributed by atoms with van der Waals surface area (Å²) in [6.45, 7) is 1.57. The van der Waals surface area contributed by atoms with Gasteiger partial charge in [-0.05, 0) is 61.6 Å². The van der Waals surface area contributed by atoms with Crippen molar-refractivity contribution in [3.8, 4) is 11.1 Å². The van der Waals surface area contributed by atoms with Crippen LogP contribution in [0.3, 0.4) is 0 Å². The van der Waals surface area contributed by atoms with E-state index in [-0.39, 0.29) is 29.3 Å². The first-order chi connectivity index (χ1) is 16.9. The molecular weight excluding hydrogens is 445 g/mol. The quantitative estimate of drug-likeness (QED) is 0.321. The van der Waals surface area contributed by atoms with E-state index in [9.17, 15) is 9.18 Å². The summed E-state index contributed by atoms with van der Waals surface area (Å²) >= 11 is 0. The minimum atomic E-state index is -0.458. The van der Waals surface area contributed by atoms with Crippen molar-refractivity contribution in [2.75, 3.05) is 23.7 Å². The number of halogens is 1. The van der Waals surface area contributed by atoms with Gasteiger partial charge in [0.25, 0.3) is 5.91 Å². The number of hydrogen-bond acceptors (Lipinski definition) is 7. The topological polar surface area (TPSA) is 134 Å². The fourth-order valence-electron chi connectivity index (χ4n) is 4.22. The third kappa shape index (κ3) is 5.00. The van der Waals surface area contributed by atoms with Crippen molar-refractivity contribution in [3.63, 3.8) is 0 Å². The Hall–Kier alpha value is -3.85. The number of nitrogens with two attached hydrogens (primary N) is 2. The lowest BCUT2D eigenvalue weighted by atomic mass is 9.96. The van der Waals surface area contributed by atoms with Crippen LogP contribution in [0.1, 0.15) is 47.3 Å². The molecule has 6 N–H and O–H groups in total. The van der Waals surface area contributed by atoms with Crippen molar-refractivity contribution in [1.29, 1.82) is 5.41 Å². The van der Waals surface area contributed by atoms with Gasteiger partial charge in [-0.3, -0.25) is 15.2 Å². The molecule has 1 aromatic heterocycles. The zero-order chi connectivity index (χ0) is 24.5. The number of nitrogen functional groups attached to an aromatic ring is 1. The van der Waals surface area contributed by atoms with E-state index in [1.165, 1.54) is 24.4 Å². The Balaban J connectivity index is 1.43. The van der Waals surface area contributed by atoms with E-state index in [4.69, 9.17) is 16.9 Å². The lowest BCUT2D eigenvalue weighted by Gasteiger charge is -2.30. The smallest absolute Gasteiger partial charge is 0.251 e. The summed E-state index contributed by atoms with van der Waals surface area (Å²) in [5.74, 6) is 0.0116. The van der Waals surface area contributed by atoms with Crippen LogP contribution >= 0.6 is 0 Å². The Labute approximate surface area is 203 Å². The second-order valence-electron chi connectivity index (χ2n) is 9.21. The molecule has 0 spiro atoms. The fourth-order valence-corrected chi connectivity index (χ4v) is 4.22. The molecule has 35 heavy (non-hydrogen) atoms. The lowest BCUT2D eigenvalue weighted by molar-refractivity contribution is 0.0951. The van der Waals surface area contributed by atoms with Gasteiger partial charge >= 0.3 is 0 Å². The fraction of sp³-hybridized carbons (Fsp3) is 0.308. The Morgan fingerprint density at radius 1 is 1.09 bits per heavy atom. The second kappa shape index (κ2) is 9.42. The predicted octanol–water partition coefficient (Wildman–Crippen LogP) is 3.10. The van der Waals surface area contributed by atoms with E-state index in [0.717, 1.165) is 38.8 Å². The first-order valence-corrected chi connectivity index (χ1v) is 11.8. The van der Waals surface area contributed by atoms with E-state index < -0.39 is 5.82 Å². The Morgan fingerprint density at radius 3 is 2.60 bits per heavy atom. The van der Waals surface area contributed by atoms with Crippen molar-refractivity contribution in [2.24, 2.45) is 5.73 Å². The molecule has 2 heterocycles. The molecule has 8 nitrogen and oxygen atoms in total. The summed E-state index contributed by atoms with van der Waals surface area (Å²) in [5.41, 5.74) is 14.7. The first kappa shape index (κ1) is 22.9. The van der Waals surface area contributed by atoms with Crippen LogP contribution in [0.15, 0.2) is 48.8 Å². The van der Waals surface area contributed by atoms with Gasteiger partial charge in [0.05, 0.1) is 18.1 Å². The SMILES string of the molecule is N=C(c1cncc(N2CCC(N)CC2)n1)c1cc(-c2cc(C(=O)NC3CC3)ccc2F)ccc1N. The second-order valence-corrected chi connectivity index (χ2v) is 9.21. The van der Waals surface area contributed by atoms with Gasteiger partial charge in [0.15, 0.2) is 0 Å². The molecule has 180 valence electrons. The molecule has 5 rings (SSSR count). The van der Waals surface area contributed by atoms with Gasteiger partial charge < -0.3 is 21.7 Å².